The Bertz CT molecular complexity index is 674. The van der Waals surface area contributed by atoms with Gasteiger partial charge in [0.15, 0.2) is 0 Å². The number of aromatic nitrogens is 2. The first kappa shape index (κ1) is 14.7. The molecule has 0 bridgehead atoms. The number of aromatic amines is 1. The van der Waals surface area contributed by atoms with E-state index >= 15 is 0 Å². The molecule has 0 radical (unpaired) electrons. The first-order chi connectivity index (χ1) is 10.3. The molecule has 0 atom stereocenters. The van der Waals surface area contributed by atoms with Crippen LogP contribution in [0.3, 0.4) is 0 Å². The van der Waals surface area contributed by atoms with Crippen LogP contribution in [-0.2, 0) is 19.4 Å². The number of fused-ring (bicyclic) bond motifs is 3. The Morgan fingerprint density at radius 1 is 1.29 bits per heavy atom. The number of aryl methyl sites for hydroxylation is 2. The maximum Gasteiger partial charge on any atom is 0.259 e. The van der Waals surface area contributed by atoms with Crippen molar-refractivity contribution in [1.82, 2.24) is 15.3 Å². The summed E-state index contributed by atoms with van der Waals surface area (Å²) in [4.78, 5) is 22.3. The Morgan fingerprint density at radius 2 is 2.14 bits per heavy atom. The highest BCUT2D eigenvalue weighted by molar-refractivity contribution is 7.18. The van der Waals surface area contributed by atoms with E-state index in [1.54, 1.807) is 11.3 Å². The van der Waals surface area contributed by atoms with Crippen molar-refractivity contribution in [3.63, 3.8) is 0 Å². The summed E-state index contributed by atoms with van der Waals surface area (Å²) in [5.41, 5.74) is 1.31. The Labute approximate surface area is 129 Å². The minimum absolute atomic E-state index is 0.0461. The van der Waals surface area contributed by atoms with E-state index in [0.717, 1.165) is 35.4 Å². The molecular weight excluding hydrogens is 282 g/mol. The normalized spacial score (nSPS) is 14.5. The molecule has 0 fully saturated rings. The topological polar surface area (TPSA) is 57.8 Å². The largest absolute Gasteiger partial charge is 0.310 e. The fourth-order valence-corrected chi connectivity index (χ4v) is 4.28. The average molecular weight is 305 g/mol. The third-order valence-corrected chi connectivity index (χ3v) is 5.31. The number of H-pyrrole nitrogens is 1. The second-order valence-corrected chi connectivity index (χ2v) is 6.87. The molecule has 4 nitrogen and oxygen atoms in total. The summed E-state index contributed by atoms with van der Waals surface area (Å²) in [7, 11) is 0. The number of nitrogens with zero attached hydrogens (tertiary/aromatic N) is 1. The molecule has 0 aromatic carbocycles. The SMILES string of the molecule is CCCCCNCc1nc2sc3c(c2c(=O)[nH]1)CCCC3. The van der Waals surface area contributed by atoms with Crippen molar-refractivity contribution in [2.24, 2.45) is 0 Å². The molecule has 0 aliphatic heterocycles. The van der Waals surface area contributed by atoms with Gasteiger partial charge in [-0.3, -0.25) is 4.79 Å². The van der Waals surface area contributed by atoms with Gasteiger partial charge in [-0.25, -0.2) is 4.98 Å². The summed E-state index contributed by atoms with van der Waals surface area (Å²) in [6, 6.07) is 0. The minimum Gasteiger partial charge on any atom is -0.310 e. The van der Waals surface area contributed by atoms with Crippen LogP contribution < -0.4 is 10.9 Å². The standard InChI is InChI=1S/C16H23N3OS/c1-2-3-6-9-17-10-13-18-15(20)14-11-7-4-5-8-12(11)21-16(14)19-13/h17H,2-10H2,1H3,(H,18,19,20). The molecule has 2 aromatic rings. The summed E-state index contributed by atoms with van der Waals surface area (Å²) in [5, 5.41) is 4.21. The van der Waals surface area contributed by atoms with Gasteiger partial charge in [-0.2, -0.15) is 0 Å². The molecule has 0 spiro atoms. The van der Waals surface area contributed by atoms with E-state index in [1.807, 2.05) is 0 Å². The highest BCUT2D eigenvalue weighted by Gasteiger charge is 2.19. The number of unbranched alkanes of at least 4 members (excludes halogenated alkanes) is 2. The van der Waals surface area contributed by atoms with Crippen molar-refractivity contribution in [1.29, 1.82) is 0 Å². The Hall–Kier alpha value is -1.20. The van der Waals surface area contributed by atoms with Crippen molar-refractivity contribution in [2.45, 2.75) is 58.4 Å². The van der Waals surface area contributed by atoms with Crippen molar-refractivity contribution in [3.8, 4) is 0 Å². The molecule has 5 heteroatoms. The molecule has 21 heavy (non-hydrogen) atoms. The van der Waals surface area contributed by atoms with E-state index in [9.17, 15) is 4.79 Å². The molecule has 1 aliphatic rings. The van der Waals surface area contributed by atoms with E-state index in [0.29, 0.717) is 6.54 Å². The zero-order chi connectivity index (χ0) is 14.7. The van der Waals surface area contributed by atoms with E-state index in [1.165, 1.54) is 42.5 Å². The molecule has 0 amide bonds. The molecule has 1 aliphatic carbocycles. The molecule has 2 N–H and O–H groups in total. The fourth-order valence-electron chi connectivity index (χ4n) is 3.00. The van der Waals surface area contributed by atoms with Crippen molar-refractivity contribution in [2.75, 3.05) is 6.54 Å². The maximum atomic E-state index is 12.4. The molecule has 114 valence electrons. The number of thiophene rings is 1. The summed E-state index contributed by atoms with van der Waals surface area (Å²) in [6.07, 6.45) is 8.23. The number of rotatable bonds is 6. The molecule has 2 aromatic heterocycles. The van der Waals surface area contributed by atoms with E-state index in [4.69, 9.17) is 0 Å². The van der Waals surface area contributed by atoms with Gasteiger partial charge in [0.2, 0.25) is 0 Å². The third kappa shape index (κ3) is 3.19. The van der Waals surface area contributed by atoms with Crippen LogP contribution >= 0.6 is 11.3 Å². The Kier molecular flexibility index (Phi) is 4.70. The molecule has 0 unspecified atom stereocenters. The van der Waals surface area contributed by atoms with Gasteiger partial charge in [-0.1, -0.05) is 19.8 Å². The lowest BCUT2D eigenvalue weighted by atomic mass is 9.97. The van der Waals surface area contributed by atoms with Crippen LogP contribution in [0, 0.1) is 0 Å². The van der Waals surface area contributed by atoms with Crippen LogP contribution in [0.15, 0.2) is 4.79 Å². The molecule has 0 saturated heterocycles. The van der Waals surface area contributed by atoms with Crippen LogP contribution in [0.2, 0.25) is 0 Å². The van der Waals surface area contributed by atoms with E-state index < -0.39 is 0 Å². The van der Waals surface area contributed by atoms with Crippen LogP contribution in [-0.4, -0.2) is 16.5 Å². The van der Waals surface area contributed by atoms with Crippen molar-refractivity contribution < 1.29 is 0 Å². The second kappa shape index (κ2) is 6.71. The quantitative estimate of drug-likeness (QED) is 0.806. The predicted molar refractivity (Wildman–Crippen MR) is 88.1 cm³/mol. The first-order valence-corrected chi connectivity index (χ1v) is 8.85. The molecular formula is C16H23N3OS. The van der Waals surface area contributed by atoms with Gasteiger partial charge in [0.25, 0.3) is 5.56 Å². The number of nitrogens with one attached hydrogen (secondary N) is 2. The molecule has 0 saturated carbocycles. The van der Waals surface area contributed by atoms with Crippen molar-refractivity contribution in [3.05, 3.63) is 26.6 Å². The van der Waals surface area contributed by atoms with Crippen LogP contribution in [0.4, 0.5) is 0 Å². The van der Waals surface area contributed by atoms with E-state index in [-0.39, 0.29) is 5.56 Å². The summed E-state index contributed by atoms with van der Waals surface area (Å²) >= 11 is 1.72. The highest BCUT2D eigenvalue weighted by Crippen LogP contribution is 2.33. The van der Waals surface area contributed by atoms with Crippen molar-refractivity contribution >= 4 is 21.6 Å². The number of hydrogen-bond donors (Lipinski definition) is 2. The third-order valence-electron chi connectivity index (χ3n) is 4.12. The van der Waals surface area contributed by atoms with Gasteiger partial charge < -0.3 is 10.3 Å². The zero-order valence-electron chi connectivity index (χ0n) is 12.6. The summed E-state index contributed by atoms with van der Waals surface area (Å²) in [6.45, 7) is 3.83. The summed E-state index contributed by atoms with van der Waals surface area (Å²) in [5.74, 6) is 0.766. The smallest absolute Gasteiger partial charge is 0.259 e. The first-order valence-electron chi connectivity index (χ1n) is 8.03. The monoisotopic (exact) mass is 305 g/mol. The lowest BCUT2D eigenvalue weighted by molar-refractivity contribution is 0.603. The lowest BCUT2D eigenvalue weighted by Gasteiger charge is -2.09. The Morgan fingerprint density at radius 3 is 3.00 bits per heavy atom. The van der Waals surface area contributed by atoms with Crippen LogP contribution in [0.25, 0.3) is 10.2 Å². The van der Waals surface area contributed by atoms with Gasteiger partial charge >= 0.3 is 0 Å². The van der Waals surface area contributed by atoms with Gasteiger partial charge in [0.1, 0.15) is 10.7 Å². The van der Waals surface area contributed by atoms with Gasteiger partial charge in [0, 0.05) is 4.88 Å². The number of hydrogen-bond acceptors (Lipinski definition) is 4. The summed E-state index contributed by atoms with van der Waals surface area (Å²) < 4.78 is 0. The lowest BCUT2D eigenvalue weighted by Crippen LogP contribution is -2.20. The fraction of sp³-hybridized carbons (Fsp3) is 0.625. The minimum atomic E-state index is 0.0461. The second-order valence-electron chi connectivity index (χ2n) is 5.79. The van der Waals surface area contributed by atoms with Gasteiger partial charge in [-0.05, 0) is 44.2 Å². The molecule has 3 rings (SSSR count). The maximum absolute atomic E-state index is 12.4. The zero-order valence-corrected chi connectivity index (χ0v) is 13.4. The molecule has 2 heterocycles. The van der Waals surface area contributed by atoms with Crippen LogP contribution in [0.5, 0.6) is 0 Å². The van der Waals surface area contributed by atoms with Crippen LogP contribution in [0.1, 0.15) is 55.3 Å². The predicted octanol–water partition coefficient (Wildman–Crippen LogP) is 3.14. The van der Waals surface area contributed by atoms with Gasteiger partial charge in [-0.15, -0.1) is 11.3 Å². The Balaban J connectivity index is 1.78. The van der Waals surface area contributed by atoms with Gasteiger partial charge in [0.05, 0.1) is 11.9 Å². The highest BCUT2D eigenvalue weighted by atomic mass is 32.1. The van der Waals surface area contributed by atoms with E-state index in [2.05, 4.69) is 22.2 Å². The average Bonchev–Trinajstić information content (AvgIpc) is 2.85.